The summed E-state index contributed by atoms with van der Waals surface area (Å²) in [4.78, 5) is 0. The van der Waals surface area contributed by atoms with Crippen molar-refractivity contribution in [1.29, 1.82) is 0 Å². The second-order valence-corrected chi connectivity index (χ2v) is 7.50. The standard InChI is InChI=1S/C14H21NO3S/c1-11(7-8-12-5-3-2-4-6-12)15-13-9-19(17,18)10-14(13)16/h2-6,11,13-16H,7-10H2,1H3/t11-,13-,14+/m1/s1. The summed E-state index contributed by atoms with van der Waals surface area (Å²) < 4.78 is 22.8. The summed E-state index contributed by atoms with van der Waals surface area (Å²) in [6.45, 7) is 2.03. The maximum atomic E-state index is 11.4. The lowest BCUT2D eigenvalue weighted by atomic mass is 10.1. The number of aliphatic hydroxyl groups excluding tert-OH is 1. The van der Waals surface area contributed by atoms with Gasteiger partial charge in [0.25, 0.3) is 0 Å². The Bertz CT molecular complexity index is 501. The number of aryl methyl sites for hydroxylation is 1. The van der Waals surface area contributed by atoms with Crippen LogP contribution in [0.4, 0.5) is 0 Å². The topological polar surface area (TPSA) is 66.4 Å². The lowest BCUT2D eigenvalue weighted by molar-refractivity contribution is 0.159. The highest BCUT2D eigenvalue weighted by atomic mass is 32.2. The lowest BCUT2D eigenvalue weighted by Gasteiger charge is -2.21. The van der Waals surface area contributed by atoms with Crippen molar-refractivity contribution >= 4 is 9.84 Å². The Morgan fingerprint density at radius 1 is 1.32 bits per heavy atom. The van der Waals surface area contributed by atoms with E-state index in [-0.39, 0.29) is 23.6 Å². The Kier molecular flexibility index (Phi) is 4.60. The Labute approximate surface area is 114 Å². The highest BCUT2D eigenvalue weighted by Crippen LogP contribution is 2.14. The molecule has 0 aliphatic carbocycles. The number of sulfone groups is 1. The minimum atomic E-state index is -3.07. The fraction of sp³-hybridized carbons (Fsp3) is 0.571. The summed E-state index contributed by atoms with van der Waals surface area (Å²) >= 11 is 0. The maximum absolute atomic E-state index is 11.4. The molecular formula is C14H21NO3S. The van der Waals surface area contributed by atoms with Gasteiger partial charge in [0.05, 0.1) is 17.6 Å². The first kappa shape index (κ1) is 14.5. The van der Waals surface area contributed by atoms with Crippen molar-refractivity contribution in [1.82, 2.24) is 5.32 Å². The van der Waals surface area contributed by atoms with Crippen LogP contribution >= 0.6 is 0 Å². The van der Waals surface area contributed by atoms with Crippen LogP contribution in [-0.4, -0.2) is 43.2 Å². The predicted octanol–water partition coefficient (Wildman–Crippen LogP) is 0.755. The number of rotatable bonds is 5. The molecule has 0 amide bonds. The van der Waals surface area contributed by atoms with Crippen LogP contribution in [0.2, 0.25) is 0 Å². The summed E-state index contributed by atoms with van der Waals surface area (Å²) in [6, 6.07) is 10.1. The fourth-order valence-electron chi connectivity index (χ4n) is 2.46. The first-order valence-corrected chi connectivity index (χ1v) is 8.47. The highest BCUT2D eigenvalue weighted by molar-refractivity contribution is 7.91. The van der Waals surface area contributed by atoms with Gasteiger partial charge in [0, 0.05) is 12.1 Å². The molecule has 0 spiro atoms. The first-order chi connectivity index (χ1) is 8.96. The molecule has 4 nitrogen and oxygen atoms in total. The fourth-order valence-corrected chi connectivity index (χ4v) is 4.22. The minimum absolute atomic E-state index is 0.0455. The van der Waals surface area contributed by atoms with Gasteiger partial charge in [-0.05, 0) is 25.3 Å². The normalized spacial score (nSPS) is 27.3. The molecule has 1 aromatic carbocycles. The van der Waals surface area contributed by atoms with Gasteiger partial charge >= 0.3 is 0 Å². The molecule has 1 saturated heterocycles. The lowest BCUT2D eigenvalue weighted by Crippen LogP contribution is -2.44. The van der Waals surface area contributed by atoms with Gasteiger partial charge in [0.2, 0.25) is 0 Å². The number of benzene rings is 1. The predicted molar refractivity (Wildman–Crippen MR) is 75.8 cm³/mol. The van der Waals surface area contributed by atoms with Crippen LogP contribution in [0.5, 0.6) is 0 Å². The third kappa shape index (κ3) is 4.30. The maximum Gasteiger partial charge on any atom is 0.154 e. The Morgan fingerprint density at radius 3 is 2.58 bits per heavy atom. The minimum Gasteiger partial charge on any atom is -0.390 e. The Morgan fingerprint density at radius 2 is 2.00 bits per heavy atom. The van der Waals surface area contributed by atoms with Crippen molar-refractivity contribution in [3.63, 3.8) is 0 Å². The third-order valence-electron chi connectivity index (χ3n) is 3.53. The van der Waals surface area contributed by atoms with Crippen LogP contribution in [0.25, 0.3) is 0 Å². The largest absolute Gasteiger partial charge is 0.390 e. The number of hydrogen-bond acceptors (Lipinski definition) is 4. The Hall–Kier alpha value is -0.910. The van der Waals surface area contributed by atoms with Crippen molar-refractivity contribution in [3.05, 3.63) is 35.9 Å². The molecule has 1 aromatic rings. The molecule has 0 radical (unpaired) electrons. The molecule has 19 heavy (non-hydrogen) atoms. The van der Waals surface area contributed by atoms with E-state index in [1.165, 1.54) is 5.56 Å². The SMILES string of the molecule is C[C@H](CCc1ccccc1)N[C@@H]1CS(=O)(=O)C[C@@H]1O. The van der Waals surface area contributed by atoms with Gasteiger partial charge < -0.3 is 10.4 Å². The van der Waals surface area contributed by atoms with E-state index in [2.05, 4.69) is 17.4 Å². The van der Waals surface area contributed by atoms with E-state index in [1.54, 1.807) is 0 Å². The van der Waals surface area contributed by atoms with Crippen LogP contribution in [0, 0.1) is 0 Å². The van der Waals surface area contributed by atoms with Crippen LogP contribution in [0.15, 0.2) is 30.3 Å². The highest BCUT2D eigenvalue weighted by Gasteiger charge is 2.36. The van der Waals surface area contributed by atoms with E-state index in [0.717, 1.165) is 12.8 Å². The first-order valence-electron chi connectivity index (χ1n) is 6.65. The van der Waals surface area contributed by atoms with E-state index in [0.29, 0.717) is 0 Å². The zero-order valence-corrected chi connectivity index (χ0v) is 11.9. The molecule has 1 heterocycles. The van der Waals surface area contributed by atoms with Gasteiger partial charge in [0.15, 0.2) is 9.84 Å². The number of hydrogen-bond donors (Lipinski definition) is 2. The molecule has 1 aliphatic rings. The molecule has 0 aromatic heterocycles. The van der Waals surface area contributed by atoms with Crippen molar-refractivity contribution in [2.75, 3.05) is 11.5 Å². The second kappa shape index (κ2) is 6.03. The molecule has 3 atom stereocenters. The summed E-state index contributed by atoms with van der Waals surface area (Å²) in [5.41, 5.74) is 1.27. The van der Waals surface area contributed by atoms with Crippen molar-refractivity contribution in [3.8, 4) is 0 Å². The van der Waals surface area contributed by atoms with Gasteiger partial charge in [0.1, 0.15) is 0 Å². The van der Waals surface area contributed by atoms with Gasteiger partial charge in [-0.25, -0.2) is 8.42 Å². The molecule has 2 N–H and O–H groups in total. The molecule has 106 valence electrons. The smallest absolute Gasteiger partial charge is 0.154 e. The van der Waals surface area contributed by atoms with Crippen LogP contribution in [0.1, 0.15) is 18.9 Å². The Balaban J connectivity index is 1.80. The van der Waals surface area contributed by atoms with E-state index in [4.69, 9.17) is 0 Å². The number of nitrogens with one attached hydrogen (secondary N) is 1. The van der Waals surface area contributed by atoms with Crippen molar-refractivity contribution < 1.29 is 13.5 Å². The van der Waals surface area contributed by atoms with E-state index in [9.17, 15) is 13.5 Å². The van der Waals surface area contributed by atoms with Crippen LogP contribution in [-0.2, 0) is 16.3 Å². The molecule has 2 rings (SSSR count). The van der Waals surface area contributed by atoms with Crippen LogP contribution < -0.4 is 5.32 Å². The van der Waals surface area contributed by atoms with Gasteiger partial charge in [-0.3, -0.25) is 0 Å². The second-order valence-electron chi connectivity index (χ2n) is 5.34. The molecule has 0 unspecified atom stereocenters. The van der Waals surface area contributed by atoms with Crippen LogP contribution in [0.3, 0.4) is 0 Å². The molecule has 1 fully saturated rings. The monoisotopic (exact) mass is 283 g/mol. The van der Waals surface area contributed by atoms with Gasteiger partial charge in [-0.2, -0.15) is 0 Å². The summed E-state index contributed by atoms with van der Waals surface area (Å²) in [5, 5.41) is 12.9. The van der Waals surface area contributed by atoms with E-state index < -0.39 is 15.9 Å². The molecular weight excluding hydrogens is 262 g/mol. The molecule has 5 heteroatoms. The summed E-state index contributed by atoms with van der Waals surface area (Å²) in [6.07, 6.45) is 1.10. The zero-order chi connectivity index (χ0) is 13.9. The van der Waals surface area contributed by atoms with Gasteiger partial charge in [-0.1, -0.05) is 30.3 Å². The molecule has 1 aliphatic heterocycles. The average molecular weight is 283 g/mol. The molecule has 0 saturated carbocycles. The number of aliphatic hydroxyl groups is 1. The van der Waals surface area contributed by atoms with Crippen molar-refractivity contribution in [2.24, 2.45) is 0 Å². The quantitative estimate of drug-likeness (QED) is 0.837. The van der Waals surface area contributed by atoms with Gasteiger partial charge in [-0.15, -0.1) is 0 Å². The van der Waals surface area contributed by atoms with E-state index in [1.807, 2.05) is 25.1 Å². The average Bonchev–Trinajstić information content (AvgIpc) is 2.61. The summed E-state index contributed by atoms with van der Waals surface area (Å²) in [5.74, 6) is -0.0695. The zero-order valence-electron chi connectivity index (χ0n) is 11.1. The van der Waals surface area contributed by atoms with Crippen molar-refractivity contribution in [2.45, 2.75) is 38.0 Å². The summed E-state index contributed by atoms with van der Waals surface area (Å²) in [7, 11) is -3.07. The molecule has 0 bridgehead atoms. The van der Waals surface area contributed by atoms with E-state index >= 15 is 0 Å². The third-order valence-corrected chi connectivity index (χ3v) is 5.25.